The van der Waals surface area contributed by atoms with Crippen molar-refractivity contribution in [3.8, 4) is 17.2 Å². The molecule has 0 saturated carbocycles. The molecule has 0 spiro atoms. The molecule has 0 aliphatic carbocycles. The quantitative estimate of drug-likeness (QED) is 0.170. The molecule has 0 fully saturated rings. The zero-order chi connectivity index (χ0) is 26.0. The standard InChI is InChI=1S/C27H16BrF3N4O2/c28-22-7-2-1-6-21(22)26-33-23-14-18(9-11-25(23)37-26)32-15-16-12-20(8-10-24(16)36)35-34-19-5-3-4-17(13-19)27(29,30)31/h1-15,36H. The van der Waals surface area contributed by atoms with Crippen LogP contribution in [-0.4, -0.2) is 16.3 Å². The van der Waals surface area contributed by atoms with Crippen molar-refractivity contribution in [2.24, 2.45) is 15.2 Å². The average Bonchev–Trinajstić information content (AvgIpc) is 3.30. The lowest BCUT2D eigenvalue weighted by atomic mass is 10.2. The molecule has 0 radical (unpaired) electrons. The second-order valence-electron chi connectivity index (χ2n) is 7.90. The molecule has 5 aromatic rings. The number of hydrogen-bond donors (Lipinski definition) is 1. The van der Waals surface area contributed by atoms with Crippen molar-refractivity contribution in [3.63, 3.8) is 0 Å². The van der Waals surface area contributed by atoms with Gasteiger partial charge in [-0.15, -0.1) is 0 Å². The zero-order valence-corrected chi connectivity index (χ0v) is 20.4. The number of aromatic hydroxyl groups is 1. The van der Waals surface area contributed by atoms with E-state index in [2.05, 4.69) is 36.1 Å². The molecule has 1 heterocycles. The third kappa shape index (κ3) is 5.59. The first-order valence-electron chi connectivity index (χ1n) is 10.9. The molecule has 0 aliphatic rings. The maximum atomic E-state index is 12.9. The molecule has 0 amide bonds. The van der Waals surface area contributed by atoms with Gasteiger partial charge in [-0.05, 0) is 82.7 Å². The van der Waals surface area contributed by atoms with Gasteiger partial charge in [0.1, 0.15) is 11.3 Å². The van der Waals surface area contributed by atoms with Gasteiger partial charge in [0.2, 0.25) is 5.89 Å². The van der Waals surface area contributed by atoms with Crippen molar-refractivity contribution in [2.45, 2.75) is 6.18 Å². The third-order valence-corrected chi connectivity index (χ3v) is 5.99. The number of alkyl halides is 3. The molecule has 0 bridgehead atoms. The number of hydrogen-bond acceptors (Lipinski definition) is 6. The van der Waals surface area contributed by atoms with E-state index in [1.165, 1.54) is 36.5 Å². The Bertz CT molecular complexity index is 1660. The van der Waals surface area contributed by atoms with Crippen LogP contribution in [0.15, 0.2) is 109 Å². The number of azo groups is 1. The Morgan fingerprint density at radius 3 is 2.38 bits per heavy atom. The van der Waals surface area contributed by atoms with Crippen LogP contribution in [0, 0.1) is 0 Å². The summed E-state index contributed by atoms with van der Waals surface area (Å²) in [5.74, 6) is 0.431. The van der Waals surface area contributed by atoms with Crippen LogP contribution in [-0.2, 0) is 6.18 Å². The summed E-state index contributed by atoms with van der Waals surface area (Å²) in [4.78, 5) is 8.96. The number of rotatable bonds is 5. The van der Waals surface area contributed by atoms with Crippen LogP contribution in [0.25, 0.3) is 22.6 Å². The van der Waals surface area contributed by atoms with Crippen LogP contribution in [0.4, 0.5) is 30.2 Å². The van der Waals surface area contributed by atoms with E-state index in [-0.39, 0.29) is 11.4 Å². The van der Waals surface area contributed by atoms with Crippen molar-refractivity contribution in [1.29, 1.82) is 0 Å². The van der Waals surface area contributed by atoms with E-state index in [4.69, 9.17) is 4.42 Å². The van der Waals surface area contributed by atoms with Crippen molar-refractivity contribution in [3.05, 3.63) is 101 Å². The van der Waals surface area contributed by atoms with Crippen LogP contribution in [0.1, 0.15) is 11.1 Å². The highest BCUT2D eigenvalue weighted by Crippen LogP contribution is 2.33. The topological polar surface area (TPSA) is 83.3 Å². The van der Waals surface area contributed by atoms with E-state index < -0.39 is 11.7 Å². The van der Waals surface area contributed by atoms with Crippen LogP contribution in [0.5, 0.6) is 5.75 Å². The van der Waals surface area contributed by atoms with Gasteiger partial charge in [0.25, 0.3) is 0 Å². The Hall–Kier alpha value is -4.31. The van der Waals surface area contributed by atoms with E-state index in [1.807, 2.05) is 24.3 Å². The molecule has 5 rings (SSSR count). The first kappa shape index (κ1) is 24.4. The van der Waals surface area contributed by atoms with Gasteiger partial charge in [0, 0.05) is 16.3 Å². The Morgan fingerprint density at radius 2 is 1.59 bits per heavy atom. The van der Waals surface area contributed by atoms with E-state index in [0.29, 0.717) is 33.9 Å². The maximum absolute atomic E-state index is 12.9. The lowest BCUT2D eigenvalue weighted by Crippen LogP contribution is -2.03. The number of phenolic OH excluding ortho intramolecular Hbond substituents is 1. The molecule has 0 unspecified atom stereocenters. The van der Waals surface area contributed by atoms with E-state index in [9.17, 15) is 18.3 Å². The summed E-state index contributed by atoms with van der Waals surface area (Å²) in [7, 11) is 0. The fraction of sp³-hybridized carbons (Fsp3) is 0.0370. The van der Waals surface area contributed by atoms with Crippen molar-refractivity contribution in [2.75, 3.05) is 0 Å². The number of nitrogens with zero attached hydrogens (tertiary/aromatic N) is 4. The molecule has 0 aliphatic heterocycles. The molecule has 4 aromatic carbocycles. The SMILES string of the molecule is Oc1ccc(N=Nc2cccc(C(F)(F)F)c2)cc1C=Nc1ccc2oc(-c3ccccc3Br)nc2c1. The van der Waals surface area contributed by atoms with Crippen LogP contribution < -0.4 is 0 Å². The second-order valence-corrected chi connectivity index (χ2v) is 8.75. The Kier molecular flexibility index (Phi) is 6.58. The lowest BCUT2D eigenvalue weighted by molar-refractivity contribution is -0.137. The highest BCUT2D eigenvalue weighted by atomic mass is 79.9. The monoisotopic (exact) mass is 564 g/mol. The first-order chi connectivity index (χ1) is 17.8. The van der Waals surface area contributed by atoms with Crippen molar-refractivity contribution >= 4 is 50.3 Å². The van der Waals surface area contributed by atoms with Crippen molar-refractivity contribution < 1.29 is 22.7 Å². The summed E-state index contributed by atoms with van der Waals surface area (Å²) in [5, 5.41) is 18.1. The molecular formula is C27H16BrF3N4O2. The highest BCUT2D eigenvalue weighted by Gasteiger charge is 2.30. The minimum atomic E-state index is -4.47. The number of benzene rings is 4. The van der Waals surface area contributed by atoms with Crippen LogP contribution in [0.2, 0.25) is 0 Å². The average molecular weight is 565 g/mol. The number of oxazole rings is 1. The largest absolute Gasteiger partial charge is 0.507 e. The Morgan fingerprint density at radius 1 is 0.838 bits per heavy atom. The molecule has 6 nitrogen and oxygen atoms in total. The summed E-state index contributed by atoms with van der Waals surface area (Å²) in [6.07, 6.45) is -3.02. The van der Waals surface area contributed by atoms with Gasteiger partial charge < -0.3 is 9.52 Å². The summed E-state index contributed by atoms with van der Waals surface area (Å²) in [5.41, 5.74) is 2.56. The minimum absolute atomic E-state index is 0.0412. The number of fused-ring (bicyclic) bond motifs is 1. The van der Waals surface area contributed by atoms with Gasteiger partial charge in [0.05, 0.1) is 28.2 Å². The highest BCUT2D eigenvalue weighted by molar-refractivity contribution is 9.10. The number of halogens is 4. The van der Waals surface area contributed by atoms with Gasteiger partial charge in [-0.2, -0.15) is 23.4 Å². The lowest BCUT2D eigenvalue weighted by Gasteiger charge is -2.06. The predicted molar refractivity (Wildman–Crippen MR) is 138 cm³/mol. The van der Waals surface area contributed by atoms with Crippen LogP contribution >= 0.6 is 15.9 Å². The van der Waals surface area contributed by atoms with E-state index in [0.717, 1.165) is 22.2 Å². The fourth-order valence-corrected chi connectivity index (χ4v) is 3.91. The summed E-state index contributed by atoms with van der Waals surface area (Å²) in [6, 6.07) is 21.8. The summed E-state index contributed by atoms with van der Waals surface area (Å²) >= 11 is 3.50. The maximum Gasteiger partial charge on any atom is 0.416 e. The number of aromatic nitrogens is 1. The smallest absolute Gasteiger partial charge is 0.416 e. The van der Waals surface area contributed by atoms with E-state index in [1.54, 1.807) is 18.2 Å². The van der Waals surface area contributed by atoms with Crippen molar-refractivity contribution in [1.82, 2.24) is 4.98 Å². The van der Waals surface area contributed by atoms with Gasteiger partial charge in [-0.1, -0.05) is 18.2 Å². The molecular weight excluding hydrogens is 549 g/mol. The molecule has 1 aromatic heterocycles. The van der Waals surface area contributed by atoms with Gasteiger partial charge in [-0.3, -0.25) is 4.99 Å². The Labute approximate surface area is 217 Å². The predicted octanol–water partition coefficient (Wildman–Crippen LogP) is 9.15. The molecule has 0 saturated heterocycles. The number of aliphatic imine (C=N–C) groups is 1. The second kappa shape index (κ2) is 9.98. The third-order valence-electron chi connectivity index (χ3n) is 5.29. The molecule has 10 heteroatoms. The normalized spacial score (nSPS) is 12.2. The molecule has 0 atom stereocenters. The Balaban J connectivity index is 1.37. The van der Waals surface area contributed by atoms with E-state index >= 15 is 0 Å². The van der Waals surface area contributed by atoms with Crippen LogP contribution in [0.3, 0.4) is 0 Å². The summed E-state index contributed by atoms with van der Waals surface area (Å²) < 4.78 is 45.4. The van der Waals surface area contributed by atoms with Gasteiger partial charge in [-0.25, -0.2) is 4.98 Å². The molecule has 1 N–H and O–H groups in total. The zero-order valence-electron chi connectivity index (χ0n) is 18.8. The number of phenols is 1. The van der Waals surface area contributed by atoms with Gasteiger partial charge >= 0.3 is 6.18 Å². The van der Waals surface area contributed by atoms with Gasteiger partial charge in [0.15, 0.2) is 5.58 Å². The summed E-state index contributed by atoms with van der Waals surface area (Å²) in [6.45, 7) is 0. The molecule has 37 heavy (non-hydrogen) atoms. The fourth-order valence-electron chi connectivity index (χ4n) is 3.46. The first-order valence-corrected chi connectivity index (χ1v) is 11.7. The molecule has 184 valence electrons. The minimum Gasteiger partial charge on any atom is -0.507 e.